The highest BCUT2D eigenvalue weighted by atomic mass is 16.2. The third-order valence-electron chi connectivity index (χ3n) is 10.7. The maximum atomic E-state index is 13.0. The summed E-state index contributed by atoms with van der Waals surface area (Å²) in [5, 5.41) is 4.19. The van der Waals surface area contributed by atoms with Gasteiger partial charge >= 0.3 is 0 Å². The zero-order valence-corrected chi connectivity index (χ0v) is 27.1. The van der Waals surface area contributed by atoms with Gasteiger partial charge in [0.25, 0.3) is 5.91 Å². The van der Waals surface area contributed by atoms with Gasteiger partial charge in [0, 0.05) is 88.6 Å². The normalized spacial score (nSPS) is 20.2. The van der Waals surface area contributed by atoms with Crippen LogP contribution in [0.1, 0.15) is 55.1 Å². The summed E-state index contributed by atoms with van der Waals surface area (Å²) >= 11 is 0. The van der Waals surface area contributed by atoms with E-state index in [2.05, 4.69) is 66.0 Å². The number of amides is 1. The van der Waals surface area contributed by atoms with Crippen molar-refractivity contribution < 1.29 is 4.79 Å². The smallest absolute Gasteiger partial charge is 0.270 e. The molecule has 2 aliphatic carbocycles. The minimum Gasteiger partial charge on any atom is -0.370 e. The van der Waals surface area contributed by atoms with E-state index in [1.165, 1.54) is 51.0 Å². The van der Waals surface area contributed by atoms with E-state index >= 15 is 0 Å². The number of aromatic nitrogens is 4. The molecular weight excluding hydrogens is 574 g/mol. The molecule has 0 bridgehead atoms. The number of rotatable bonds is 8. The van der Waals surface area contributed by atoms with Gasteiger partial charge in [0.2, 0.25) is 5.95 Å². The molecule has 1 N–H and O–H groups in total. The van der Waals surface area contributed by atoms with Crippen molar-refractivity contribution >= 4 is 40.1 Å². The largest absolute Gasteiger partial charge is 0.370 e. The molecule has 0 radical (unpaired) electrons. The van der Waals surface area contributed by atoms with Gasteiger partial charge in [-0.1, -0.05) is 31.0 Å². The second-order valence-corrected chi connectivity index (χ2v) is 14.3. The summed E-state index contributed by atoms with van der Waals surface area (Å²) in [6.45, 7) is 7.96. The van der Waals surface area contributed by atoms with E-state index in [-0.39, 0.29) is 11.9 Å². The van der Waals surface area contributed by atoms with Crippen LogP contribution < -0.4 is 15.1 Å². The van der Waals surface area contributed by atoms with E-state index < -0.39 is 0 Å². The molecule has 0 atom stereocenters. The molecule has 4 aromatic rings. The molecule has 1 aromatic carbocycles. The van der Waals surface area contributed by atoms with Crippen molar-refractivity contribution in [1.29, 1.82) is 0 Å². The summed E-state index contributed by atoms with van der Waals surface area (Å²) in [6.07, 6.45) is 11.0. The van der Waals surface area contributed by atoms with Crippen molar-refractivity contribution in [3.8, 4) is 0 Å². The number of fused-ring (bicyclic) bond motifs is 1. The lowest BCUT2D eigenvalue weighted by atomic mass is 9.57. The van der Waals surface area contributed by atoms with Crippen molar-refractivity contribution in [2.24, 2.45) is 11.3 Å². The van der Waals surface area contributed by atoms with Crippen molar-refractivity contribution in [3.63, 3.8) is 0 Å². The Bertz CT molecular complexity index is 1670. The maximum Gasteiger partial charge on any atom is 0.270 e. The minimum absolute atomic E-state index is 0.00168. The molecule has 240 valence electrons. The van der Waals surface area contributed by atoms with Crippen LogP contribution in [0, 0.1) is 11.3 Å². The summed E-state index contributed by atoms with van der Waals surface area (Å²) in [7, 11) is 3.59. The maximum absolute atomic E-state index is 13.0. The summed E-state index contributed by atoms with van der Waals surface area (Å²) < 4.78 is 2.14. The molecule has 1 amide bonds. The fourth-order valence-corrected chi connectivity index (χ4v) is 8.45. The third-order valence-corrected chi connectivity index (χ3v) is 10.7. The van der Waals surface area contributed by atoms with Gasteiger partial charge in [-0.2, -0.15) is 4.98 Å². The second kappa shape index (κ2) is 11.9. The van der Waals surface area contributed by atoms with Crippen molar-refractivity contribution in [1.82, 2.24) is 29.3 Å². The van der Waals surface area contributed by atoms with E-state index in [0.717, 1.165) is 61.7 Å². The number of carbonyl (C=O) groups is 1. The van der Waals surface area contributed by atoms with Gasteiger partial charge in [-0.05, 0) is 61.9 Å². The van der Waals surface area contributed by atoms with Gasteiger partial charge in [-0.25, -0.2) is 9.97 Å². The first-order valence-electron chi connectivity index (χ1n) is 17.0. The average molecular weight is 620 g/mol. The van der Waals surface area contributed by atoms with Crippen LogP contribution in [0.3, 0.4) is 0 Å². The van der Waals surface area contributed by atoms with Gasteiger partial charge in [0.05, 0.1) is 11.9 Å². The zero-order chi connectivity index (χ0) is 31.3. The van der Waals surface area contributed by atoms with Gasteiger partial charge in [-0.3, -0.25) is 9.69 Å². The zero-order valence-electron chi connectivity index (χ0n) is 27.1. The number of nitrogens with one attached hydrogen (secondary N) is 1. The Labute approximate surface area is 271 Å². The monoisotopic (exact) mass is 619 g/mol. The molecule has 1 spiro atoms. The molecule has 2 saturated carbocycles. The molecular formula is C36H45N9O. The number of hydrogen-bond acceptors (Lipinski definition) is 8. The lowest BCUT2D eigenvalue weighted by molar-refractivity contribution is 0.00322. The van der Waals surface area contributed by atoms with Gasteiger partial charge in [0.15, 0.2) is 0 Å². The molecule has 0 unspecified atom stereocenters. The van der Waals surface area contributed by atoms with Crippen molar-refractivity contribution in [3.05, 3.63) is 66.6 Å². The fraction of sp³-hybridized carbons (Fsp3) is 0.500. The number of hydrogen-bond donors (Lipinski definition) is 1. The van der Waals surface area contributed by atoms with Crippen LogP contribution in [-0.4, -0.2) is 95.1 Å². The molecule has 10 heteroatoms. The Kier molecular flexibility index (Phi) is 7.55. The van der Waals surface area contributed by atoms with E-state index in [1.54, 1.807) is 19.0 Å². The highest BCUT2D eigenvalue weighted by Crippen LogP contribution is 2.53. The number of pyridine rings is 1. The first-order valence-corrected chi connectivity index (χ1v) is 17.0. The predicted molar refractivity (Wildman–Crippen MR) is 183 cm³/mol. The van der Waals surface area contributed by atoms with Crippen LogP contribution in [0.25, 0.3) is 11.0 Å². The van der Waals surface area contributed by atoms with Crippen LogP contribution in [0.4, 0.5) is 23.1 Å². The van der Waals surface area contributed by atoms with Crippen LogP contribution in [0.2, 0.25) is 0 Å². The Morgan fingerprint density at radius 2 is 1.67 bits per heavy atom. The topological polar surface area (TPSA) is 85.7 Å². The predicted octanol–water partition coefficient (Wildman–Crippen LogP) is 5.43. The Morgan fingerprint density at radius 1 is 0.913 bits per heavy atom. The highest BCUT2D eigenvalue weighted by Gasteiger charge is 2.52. The number of carbonyl (C=O) groups excluding carboxylic acids is 1. The average Bonchev–Trinajstić information content (AvgIpc) is 3.70. The summed E-state index contributed by atoms with van der Waals surface area (Å²) in [6, 6.07) is 17.2. The van der Waals surface area contributed by atoms with Crippen LogP contribution in [0.5, 0.6) is 0 Å². The number of anilines is 4. The highest BCUT2D eigenvalue weighted by molar-refractivity contribution is 5.98. The molecule has 8 rings (SSSR count). The van der Waals surface area contributed by atoms with E-state index in [4.69, 9.17) is 9.97 Å². The first kappa shape index (κ1) is 29.2. The van der Waals surface area contributed by atoms with E-state index in [0.29, 0.717) is 22.9 Å². The molecule has 2 aliphatic heterocycles. The molecule has 10 nitrogen and oxygen atoms in total. The molecule has 4 fully saturated rings. The number of benzene rings is 1. The standard InChI is InChI=1S/C36H45N9O/c1-41(2)34(46)31-18-27-21-38-35(40-33(27)45(31)29-10-6-7-11-29)39-32-13-12-30(22-37-32)43-16-14-42(15-17-43)23-26-19-36(20-26)24-44(25-36)28-8-4-3-5-9-28/h3-5,8-9,12-13,18,21-22,26,29H,6-7,10-11,14-17,19-20,23-25H2,1-2H3,(H,37,38,39,40). The number of piperazine rings is 1. The molecule has 4 aliphatic rings. The SMILES string of the molecule is CN(C)C(=O)c1cc2cnc(Nc3ccc(N4CCN(CC5CC6(C5)CN(c5ccccc5)C6)CC4)cn3)nc2n1C1CCCC1. The van der Waals surface area contributed by atoms with E-state index in [9.17, 15) is 4.79 Å². The Morgan fingerprint density at radius 3 is 2.37 bits per heavy atom. The fourth-order valence-electron chi connectivity index (χ4n) is 8.45. The van der Waals surface area contributed by atoms with E-state index in [1.807, 2.05) is 24.5 Å². The second-order valence-electron chi connectivity index (χ2n) is 14.3. The Hall–Kier alpha value is -4.18. The number of nitrogens with zero attached hydrogens (tertiary/aromatic N) is 8. The number of para-hydroxylation sites is 1. The van der Waals surface area contributed by atoms with Crippen LogP contribution in [0.15, 0.2) is 60.9 Å². The quantitative estimate of drug-likeness (QED) is 0.280. The lowest BCUT2D eigenvalue weighted by Crippen LogP contribution is -2.64. The first-order chi connectivity index (χ1) is 22.4. The van der Waals surface area contributed by atoms with Crippen LogP contribution >= 0.6 is 0 Å². The van der Waals surface area contributed by atoms with Gasteiger partial charge < -0.3 is 24.6 Å². The summed E-state index contributed by atoms with van der Waals surface area (Å²) in [5.74, 6) is 2.05. The van der Waals surface area contributed by atoms with Gasteiger partial charge in [0.1, 0.15) is 17.2 Å². The third kappa shape index (κ3) is 5.57. The lowest BCUT2D eigenvalue weighted by Gasteiger charge is -2.60. The van der Waals surface area contributed by atoms with Crippen LogP contribution in [-0.2, 0) is 0 Å². The minimum atomic E-state index is -0.00168. The molecule has 2 saturated heterocycles. The Balaban J connectivity index is 0.848. The summed E-state index contributed by atoms with van der Waals surface area (Å²) in [4.78, 5) is 36.5. The molecule has 3 aromatic heterocycles. The van der Waals surface area contributed by atoms with Crippen molar-refractivity contribution in [2.75, 3.05) is 75.0 Å². The molecule has 46 heavy (non-hydrogen) atoms. The summed E-state index contributed by atoms with van der Waals surface area (Å²) in [5.41, 5.74) is 4.60. The van der Waals surface area contributed by atoms with Crippen molar-refractivity contribution in [2.45, 2.75) is 44.6 Å². The van der Waals surface area contributed by atoms with Gasteiger partial charge in [-0.15, -0.1) is 0 Å². The molecule has 5 heterocycles.